The molecule has 5 radical (unpaired) electrons. The number of rotatable bonds is 4. The Kier molecular flexibility index (Phi) is 4.86. The maximum atomic E-state index is 5.98. The summed E-state index contributed by atoms with van der Waals surface area (Å²) in [4.78, 5) is 0. The minimum Gasteiger partial charge on any atom is -0.382 e. The highest BCUT2D eigenvalue weighted by Crippen LogP contribution is 2.43. The third-order valence-corrected chi connectivity index (χ3v) is 5.36. The molecule has 1 heterocycles. The SMILES string of the molecule is COC[C@@H]1CCO[C@H]([C]2[CH][CH][CH][C]2[Si](C)(C)C)O1. The Labute approximate surface area is 112 Å². The zero-order chi connectivity index (χ0) is 13.2. The Morgan fingerprint density at radius 2 is 2.11 bits per heavy atom. The fourth-order valence-corrected chi connectivity index (χ4v) is 4.05. The number of methoxy groups -OCH3 is 1. The minimum absolute atomic E-state index is 0.151. The summed E-state index contributed by atoms with van der Waals surface area (Å²) < 4.78 is 16.9. The number of ether oxygens (including phenoxy) is 3. The van der Waals surface area contributed by atoms with Gasteiger partial charge in [-0.15, -0.1) is 0 Å². The summed E-state index contributed by atoms with van der Waals surface area (Å²) in [6, 6.07) is 0. The Balaban J connectivity index is 1.97. The van der Waals surface area contributed by atoms with E-state index in [4.69, 9.17) is 14.2 Å². The van der Waals surface area contributed by atoms with E-state index in [1.165, 1.54) is 11.5 Å². The number of hydrogen-bond donors (Lipinski definition) is 0. The molecule has 2 atom stereocenters. The van der Waals surface area contributed by atoms with Crippen molar-refractivity contribution >= 4 is 8.07 Å². The van der Waals surface area contributed by atoms with E-state index in [9.17, 15) is 0 Å². The summed E-state index contributed by atoms with van der Waals surface area (Å²) in [5, 5.41) is 0. The molecule has 1 saturated heterocycles. The van der Waals surface area contributed by atoms with Crippen LogP contribution in [0.1, 0.15) is 6.42 Å². The van der Waals surface area contributed by atoms with Crippen LogP contribution in [0.5, 0.6) is 0 Å². The van der Waals surface area contributed by atoms with Crippen molar-refractivity contribution in [1.82, 2.24) is 0 Å². The van der Waals surface area contributed by atoms with Gasteiger partial charge in [0.05, 0.1) is 27.4 Å². The van der Waals surface area contributed by atoms with Gasteiger partial charge in [-0.3, -0.25) is 0 Å². The van der Waals surface area contributed by atoms with E-state index in [2.05, 4.69) is 38.9 Å². The summed E-state index contributed by atoms with van der Waals surface area (Å²) in [5.41, 5.74) is 1.44. The Morgan fingerprint density at radius 1 is 1.33 bits per heavy atom. The average Bonchev–Trinajstić information content (AvgIpc) is 2.78. The lowest BCUT2D eigenvalue weighted by Crippen LogP contribution is -2.43. The van der Waals surface area contributed by atoms with Gasteiger partial charge in [-0.25, -0.2) is 0 Å². The molecule has 3 nitrogen and oxygen atoms in total. The van der Waals surface area contributed by atoms with E-state index >= 15 is 0 Å². The Bertz CT molecular complexity index is 262. The van der Waals surface area contributed by atoms with Crippen molar-refractivity contribution in [2.75, 3.05) is 20.3 Å². The van der Waals surface area contributed by atoms with Crippen LogP contribution >= 0.6 is 0 Å². The summed E-state index contributed by atoms with van der Waals surface area (Å²) in [6.07, 6.45) is 7.30. The maximum absolute atomic E-state index is 5.98. The average molecular weight is 267 g/mol. The highest BCUT2D eigenvalue weighted by molar-refractivity contribution is 6.82. The van der Waals surface area contributed by atoms with Crippen molar-refractivity contribution in [2.24, 2.45) is 0 Å². The van der Waals surface area contributed by atoms with Crippen molar-refractivity contribution in [3.8, 4) is 0 Å². The molecule has 1 aliphatic heterocycles. The van der Waals surface area contributed by atoms with E-state index in [0.29, 0.717) is 6.61 Å². The van der Waals surface area contributed by atoms with Gasteiger partial charge in [-0.2, -0.15) is 0 Å². The van der Waals surface area contributed by atoms with Gasteiger partial charge < -0.3 is 14.2 Å². The number of hydrogen-bond acceptors (Lipinski definition) is 3. The van der Waals surface area contributed by atoms with Crippen LogP contribution in [0, 0.1) is 30.7 Å². The molecule has 0 spiro atoms. The molecule has 18 heavy (non-hydrogen) atoms. The molecule has 0 bridgehead atoms. The summed E-state index contributed by atoms with van der Waals surface area (Å²) >= 11 is 0. The largest absolute Gasteiger partial charge is 0.382 e. The molecule has 0 unspecified atom stereocenters. The molecule has 2 fully saturated rings. The van der Waals surface area contributed by atoms with Gasteiger partial charge in [-0.1, -0.05) is 19.6 Å². The molecule has 0 aromatic rings. The van der Waals surface area contributed by atoms with Gasteiger partial charge in [-0.05, 0) is 31.2 Å². The highest BCUT2D eigenvalue weighted by atomic mass is 28.3. The van der Waals surface area contributed by atoms with Crippen LogP contribution in [0.2, 0.25) is 19.6 Å². The van der Waals surface area contributed by atoms with Gasteiger partial charge in [0.2, 0.25) is 0 Å². The van der Waals surface area contributed by atoms with Gasteiger partial charge in [0.15, 0.2) is 6.29 Å². The van der Waals surface area contributed by atoms with Crippen LogP contribution in [-0.4, -0.2) is 40.8 Å². The lowest BCUT2D eigenvalue weighted by Gasteiger charge is -2.38. The van der Waals surface area contributed by atoms with Crippen LogP contribution in [0.3, 0.4) is 0 Å². The minimum atomic E-state index is -1.34. The summed E-state index contributed by atoms with van der Waals surface area (Å²) in [7, 11) is 0.371. The fourth-order valence-electron chi connectivity index (χ4n) is 2.38. The molecule has 2 rings (SSSR count). The predicted octanol–water partition coefficient (Wildman–Crippen LogP) is 2.42. The maximum Gasteiger partial charge on any atom is 0.164 e. The van der Waals surface area contributed by atoms with E-state index < -0.39 is 8.07 Å². The van der Waals surface area contributed by atoms with Crippen molar-refractivity contribution in [1.29, 1.82) is 0 Å². The zero-order valence-corrected chi connectivity index (χ0v) is 12.7. The topological polar surface area (TPSA) is 27.7 Å². The van der Waals surface area contributed by atoms with E-state index in [1.54, 1.807) is 7.11 Å². The van der Waals surface area contributed by atoms with Crippen molar-refractivity contribution in [2.45, 2.75) is 38.5 Å². The summed E-state index contributed by atoms with van der Waals surface area (Å²) in [6.45, 7) is 8.43. The second kappa shape index (κ2) is 6.03. The van der Waals surface area contributed by atoms with Crippen LogP contribution in [0.25, 0.3) is 0 Å². The zero-order valence-electron chi connectivity index (χ0n) is 11.7. The first kappa shape index (κ1) is 14.5. The van der Waals surface area contributed by atoms with Gasteiger partial charge >= 0.3 is 0 Å². The third-order valence-electron chi connectivity index (χ3n) is 3.29. The molecule has 0 N–H and O–H groups in total. The standard InChI is InChI=1S/C14H23O3Si/c1-15-10-11-8-9-16-14(17-11)12-6-5-7-13(12)18(2,3)4/h5-7,11,14H,8-10H2,1-4H3/t11-,14-/m0/s1. The predicted molar refractivity (Wildman–Crippen MR) is 73.8 cm³/mol. The van der Waals surface area contributed by atoms with Crippen LogP contribution in [-0.2, 0) is 14.2 Å². The molecular weight excluding hydrogens is 244 g/mol. The van der Waals surface area contributed by atoms with Gasteiger partial charge in [0.1, 0.15) is 0 Å². The lowest BCUT2D eigenvalue weighted by atomic mass is 10.1. The molecule has 101 valence electrons. The molecule has 4 heteroatoms. The molecule has 0 aromatic carbocycles. The van der Waals surface area contributed by atoms with E-state index in [-0.39, 0.29) is 12.4 Å². The first-order valence-corrected chi connectivity index (χ1v) is 10.0. The van der Waals surface area contributed by atoms with E-state index in [0.717, 1.165) is 13.0 Å². The van der Waals surface area contributed by atoms with Crippen LogP contribution in [0.15, 0.2) is 0 Å². The van der Waals surface area contributed by atoms with Crippen molar-refractivity contribution in [3.05, 3.63) is 30.7 Å². The fraction of sp³-hybridized carbons (Fsp3) is 0.643. The smallest absolute Gasteiger partial charge is 0.164 e. The van der Waals surface area contributed by atoms with Crippen molar-refractivity contribution in [3.63, 3.8) is 0 Å². The molecule has 2 aliphatic rings. The van der Waals surface area contributed by atoms with Gasteiger partial charge in [0, 0.05) is 13.0 Å². The third kappa shape index (κ3) is 3.35. The van der Waals surface area contributed by atoms with Crippen molar-refractivity contribution < 1.29 is 14.2 Å². The lowest BCUT2D eigenvalue weighted by molar-refractivity contribution is -0.209. The first-order chi connectivity index (χ1) is 8.52. The summed E-state index contributed by atoms with van der Waals surface area (Å²) in [5.74, 6) is 1.22. The Morgan fingerprint density at radius 3 is 2.78 bits per heavy atom. The molecule has 1 saturated carbocycles. The quantitative estimate of drug-likeness (QED) is 0.732. The monoisotopic (exact) mass is 267 g/mol. The Hall–Kier alpha value is 0.0969. The first-order valence-electron chi connectivity index (χ1n) is 6.54. The van der Waals surface area contributed by atoms with E-state index in [1.807, 2.05) is 0 Å². The van der Waals surface area contributed by atoms with Crippen LogP contribution < -0.4 is 0 Å². The second-order valence-corrected chi connectivity index (χ2v) is 10.9. The highest BCUT2D eigenvalue weighted by Gasteiger charge is 2.45. The molecule has 1 aliphatic carbocycles. The normalized spacial score (nSPS) is 32.0. The molecule has 0 aromatic heterocycles. The van der Waals surface area contributed by atoms with Crippen LogP contribution in [0.4, 0.5) is 0 Å². The molecule has 0 amide bonds. The second-order valence-electron chi connectivity index (χ2n) is 5.85. The van der Waals surface area contributed by atoms with Gasteiger partial charge in [0.25, 0.3) is 0 Å². The molecular formula is C14H23O3Si.